The Morgan fingerprint density at radius 1 is 1.35 bits per heavy atom. The van der Waals surface area contributed by atoms with Gasteiger partial charge in [-0.25, -0.2) is 4.79 Å². The Hall–Kier alpha value is -2.28. The van der Waals surface area contributed by atoms with Gasteiger partial charge in [0.2, 0.25) is 0 Å². The van der Waals surface area contributed by atoms with E-state index in [0.717, 1.165) is 0 Å². The van der Waals surface area contributed by atoms with Crippen LogP contribution in [0.25, 0.3) is 5.76 Å². The molecule has 88 valence electrons. The molecule has 0 amide bonds. The molecule has 1 aromatic rings. The summed E-state index contributed by atoms with van der Waals surface area (Å²) in [7, 11) is 1.42. The van der Waals surface area contributed by atoms with Gasteiger partial charge < -0.3 is 9.47 Å². The van der Waals surface area contributed by atoms with Crippen LogP contribution in [0, 0.1) is 11.3 Å². The number of rotatable bonds is 4. The molecular formula is C13H13NO3. The second-order valence-corrected chi connectivity index (χ2v) is 3.11. The molecule has 0 aromatic heterocycles. The summed E-state index contributed by atoms with van der Waals surface area (Å²) < 4.78 is 9.91. The molecule has 0 spiro atoms. The third-order valence-electron chi connectivity index (χ3n) is 2.06. The standard InChI is InChI=1S/C13H13NO3/c1-3-17-13(15)11(9-14)12(16-2)10-7-5-4-6-8-10/h4-8H,3H2,1-2H3. The Bertz CT molecular complexity index is 457. The van der Waals surface area contributed by atoms with Gasteiger partial charge in [0.05, 0.1) is 13.7 Å². The number of ether oxygens (including phenoxy) is 2. The van der Waals surface area contributed by atoms with Gasteiger partial charge >= 0.3 is 5.97 Å². The summed E-state index contributed by atoms with van der Waals surface area (Å²) in [6.07, 6.45) is 0. The minimum Gasteiger partial charge on any atom is -0.494 e. The molecule has 1 rings (SSSR count). The Kier molecular flexibility index (Phi) is 4.77. The number of hydrogen-bond acceptors (Lipinski definition) is 4. The number of carbonyl (C=O) groups excluding carboxylic acids is 1. The average molecular weight is 231 g/mol. The first-order valence-electron chi connectivity index (χ1n) is 5.15. The van der Waals surface area contributed by atoms with Crippen molar-refractivity contribution in [3.8, 4) is 6.07 Å². The quantitative estimate of drug-likeness (QED) is 0.345. The molecule has 0 aliphatic rings. The van der Waals surface area contributed by atoms with Crippen molar-refractivity contribution in [3.05, 3.63) is 41.5 Å². The number of nitriles is 1. The lowest BCUT2D eigenvalue weighted by Crippen LogP contribution is -2.09. The molecule has 0 fully saturated rings. The van der Waals surface area contributed by atoms with E-state index in [9.17, 15) is 4.79 Å². The summed E-state index contributed by atoms with van der Waals surface area (Å²) in [6, 6.07) is 10.8. The molecule has 0 aliphatic carbocycles. The summed E-state index contributed by atoms with van der Waals surface area (Å²) >= 11 is 0. The molecule has 4 heteroatoms. The third-order valence-corrected chi connectivity index (χ3v) is 2.06. The summed E-state index contributed by atoms with van der Waals surface area (Å²) in [5.74, 6) is -0.442. The summed E-state index contributed by atoms with van der Waals surface area (Å²) in [6.45, 7) is 1.90. The molecule has 0 bridgehead atoms. The van der Waals surface area contributed by atoms with E-state index in [4.69, 9.17) is 14.7 Å². The zero-order valence-corrected chi connectivity index (χ0v) is 9.77. The molecule has 1 aromatic carbocycles. The zero-order chi connectivity index (χ0) is 12.7. The molecule has 0 aliphatic heterocycles. The minimum absolute atomic E-state index is 0.124. The van der Waals surface area contributed by atoms with E-state index in [2.05, 4.69) is 0 Å². The topological polar surface area (TPSA) is 59.3 Å². The molecule has 0 saturated carbocycles. The highest BCUT2D eigenvalue weighted by Crippen LogP contribution is 2.19. The molecule has 0 atom stereocenters. The van der Waals surface area contributed by atoms with Crippen LogP contribution in [0.1, 0.15) is 12.5 Å². The number of hydrogen-bond donors (Lipinski definition) is 0. The SMILES string of the molecule is CCOC(=O)C(C#N)=C(OC)c1ccccc1. The fourth-order valence-electron chi connectivity index (χ4n) is 1.35. The van der Waals surface area contributed by atoms with Crippen LogP contribution in [0.3, 0.4) is 0 Å². The fraction of sp³-hybridized carbons (Fsp3) is 0.231. The zero-order valence-electron chi connectivity index (χ0n) is 9.77. The van der Waals surface area contributed by atoms with Crippen molar-refractivity contribution < 1.29 is 14.3 Å². The van der Waals surface area contributed by atoms with Gasteiger partial charge in [0, 0.05) is 5.56 Å². The van der Waals surface area contributed by atoms with Gasteiger partial charge in [-0.15, -0.1) is 0 Å². The maximum absolute atomic E-state index is 11.6. The lowest BCUT2D eigenvalue weighted by atomic mass is 10.1. The molecule has 17 heavy (non-hydrogen) atoms. The predicted octanol–water partition coefficient (Wildman–Crippen LogP) is 2.13. The molecule has 0 saturated heterocycles. The first-order chi connectivity index (χ1) is 8.24. The summed E-state index contributed by atoms with van der Waals surface area (Å²) in [4.78, 5) is 11.6. The van der Waals surface area contributed by atoms with Crippen LogP contribution >= 0.6 is 0 Å². The first-order valence-corrected chi connectivity index (χ1v) is 5.15. The molecular weight excluding hydrogens is 218 g/mol. The normalized spacial score (nSPS) is 11.1. The number of methoxy groups -OCH3 is 1. The van der Waals surface area contributed by atoms with Crippen molar-refractivity contribution in [1.29, 1.82) is 5.26 Å². The lowest BCUT2D eigenvalue weighted by molar-refractivity contribution is -0.138. The molecule has 0 N–H and O–H groups in total. The largest absolute Gasteiger partial charge is 0.494 e. The Labute approximate surface area is 100 Å². The van der Waals surface area contributed by atoms with Gasteiger partial charge in [-0.3, -0.25) is 0 Å². The Balaban J connectivity index is 3.21. The molecule has 4 nitrogen and oxygen atoms in total. The average Bonchev–Trinajstić information content (AvgIpc) is 2.37. The number of esters is 1. The minimum atomic E-state index is -0.671. The number of benzene rings is 1. The highest BCUT2D eigenvalue weighted by Gasteiger charge is 2.18. The van der Waals surface area contributed by atoms with E-state index in [1.54, 1.807) is 31.2 Å². The van der Waals surface area contributed by atoms with Gasteiger partial charge in [-0.1, -0.05) is 30.3 Å². The van der Waals surface area contributed by atoms with E-state index in [0.29, 0.717) is 5.56 Å². The van der Waals surface area contributed by atoms with Crippen molar-refractivity contribution in [1.82, 2.24) is 0 Å². The smallest absolute Gasteiger partial charge is 0.352 e. The summed E-state index contributed by atoms with van der Waals surface area (Å²) in [5.41, 5.74) is 0.542. The van der Waals surface area contributed by atoms with Gasteiger partial charge in [-0.05, 0) is 6.92 Å². The van der Waals surface area contributed by atoms with Gasteiger partial charge in [0.1, 0.15) is 6.07 Å². The lowest BCUT2D eigenvalue weighted by Gasteiger charge is -2.08. The first kappa shape index (κ1) is 12.8. The number of nitrogens with zero attached hydrogens (tertiary/aromatic N) is 1. The second kappa shape index (κ2) is 6.33. The van der Waals surface area contributed by atoms with Crippen molar-refractivity contribution in [2.75, 3.05) is 13.7 Å². The van der Waals surface area contributed by atoms with Crippen molar-refractivity contribution in [2.45, 2.75) is 6.92 Å². The summed E-state index contributed by atoms with van der Waals surface area (Å²) in [5, 5.41) is 9.00. The number of carbonyl (C=O) groups is 1. The molecule has 0 radical (unpaired) electrons. The highest BCUT2D eigenvalue weighted by atomic mass is 16.5. The van der Waals surface area contributed by atoms with Crippen LogP contribution in [0.2, 0.25) is 0 Å². The third kappa shape index (κ3) is 3.08. The maximum atomic E-state index is 11.6. The Morgan fingerprint density at radius 2 is 2.00 bits per heavy atom. The second-order valence-electron chi connectivity index (χ2n) is 3.11. The van der Waals surface area contributed by atoms with Crippen molar-refractivity contribution >= 4 is 11.7 Å². The van der Waals surface area contributed by atoms with Crippen LogP contribution in [-0.4, -0.2) is 19.7 Å². The van der Waals surface area contributed by atoms with Crippen LogP contribution in [0.15, 0.2) is 35.9 Å². The Morgan fingerprint density at radius 3 is 2.47 bits per heavy atom. The van der Waals surface area contributed by atoms with E-state index in [1.165, 1.54) is 7.11 Å². The fourth-order valence-corrected chi connectivity index (χ4v) is 1.35. The van der Waals surface area contributed by atoms with Crippen LogP contribution < -0.4 is 0 Å². The van der Waals surface area contributed by atoms with Crippen LogP contribution in [0.5, 0.6) is 0 Å². The van der Waals surface area contributed by atoms with Gasteiger partial charge in [0.25, 0.3) is 0 Å². The van der Waals surface area contributed by atoms with Crippen LogP contribution in [-0.2, 0) is 14.3 Å². The van der Waals surface area contributed by atoms with Crippen LogP contribution in [0.4, 0.5) is 0 Å². The molecule has 0 unspecified atom stereocenters. The van der Waals surface area contributed by atoms with Crippen molar-refractivity contribution in [2.24, 2.45) is 0 Å². The van der Waals surface area contributed by atoms with E-state index >= 15 is 0 Å². The van der Waals surface area contributed by atoms with Crippen molar-refractivity contribution in [3.63, 3.8) is 0 Å². The highest BCUT2D eigenvalue weighted by molar-refractivity contribution is 6.00. The maximum Gasteiger partial charge on any atom is 0.352 e. The monoisotopic (exact) mass is 231 g/mol. The molecule has 0 heterocycles. The van der Waals surface area contributed by atoms with E-state index < -0.39 is 5.97 Å². The van der Waals surface area contributed by atoms with Gasteiger partial charge in [-0.2, -0.15) is 5.26 Å². The predicted molar refractivity (Wildman–Crippen MR) is 62.6 cm³/mol. The van der Waals surface area contributed by atoms with E-state index in [1.807, 2.05) is 12.1 Å². The van der Waals surface area contributed by atoms with E-state index in [-0.39, 0.29) is 17.9 Å². The van der Waals surface area contributed by atoms with Gasteiger partial charge in [0.15, 0.2) is 11.3 Å².